The van der Waals surface area contributed by atoms with Gasteiger partial charge in [-0.25, -0.2) is 0 Å². The normalized spacial score (nSPS) is 39.6. The first-order valence-electron chi connectivity index (χ1n) is 6.44. The van der Waals surface area contributed by atoms with Crippen molar-refractivity contribution in [1.29, 1.82) is 0 Å². The zero-order valence-corrected chi connectivity index (χ0v) is 10.6. The summed E-state index contributed by atoms with van der Waals surface area (Å²) in [6.45, 7) is 9.30. The molecule has 0 nitrogen and oxygen atoms in total. The predicted molar refractivity (Wildman–Crippen MR) is 66.7 cm³/mol. The van der Waals surface area contributed by atoms with Gasteiger partial charge in [-0.15, -0.1) is 0 Å². The molecule has 1 saturated carbocycles. The van der Waals surface area contributed by atoms with Crippen LogP contribution in [0.1, 0.15) is 47.0 Å². The molecule has 84 valence electrons. The van der Waals surface area contributed by atoms with Crippen LogP contribution in [0.4, 0.5) is 0 Å². The van der Waals surface area contributed by atoms with E-state index in [0.29, 0.717) is 0 Å². The van der Waals surface area contributed by atoms with Gasteiger partial charge in [0.2, 0.25) is 0 Å². The Balaban J connectivity index is 2.23. The van der Waals surface area contributed by atoms with Crippen LogP contribution >= 0.6 is 0 Å². The number of allylic oxidation sites excluding steroid dienone is 4. The minimum absolute atomic E-state index is 0.749. The van der Waals surface area contributed by atoms with Crippen LogP contribution in [0.5, 0.6) is 0 Å². The van der Waals surface area contributed by atoms with Crippen molar-refractivity contribution < 1.29 is 0 Å². The highest BCUT2D eigenvalue weighted by molar-refractivity contribution is 5.26. The molecule has 0 radical (unpaired) electrons. The van der Waals surface area contributed by atoms with Crippen LogP contribution in [0.15, 0.2) is 23.3 Å². The molecule has 0 amide bonds. The van der Waals surface area contributed by atoms with Gasteiger partial charge in [-0.1, -0.05) is 37.1 Å². The van der Waals surface area contributed by atoms with E-state index in [4.69, 9.17) is 0 Å². The summed E-state index contributed by atoms with van der Waals surface area (Å²) in [5.41, 5.74) is 3.25. The van der Waals surface area contributed by atoms with Gasteiger partial charge in [0.25, 0.3) is 0 Å². The van der Waals surface area contributed by atoms with E-state index in [1.807, 2.05) is 0 Å². The van der Waals surface area contributed by atoms with Crippen LogP contribution in [0.3, 0.4) is 0 Å². The maximum absolute atomic E-state index is 2.54. The van der Waals surface area contributed by atoms with Gasteiger partial charge in [-0.3, -0.25) is 0 Å². The van der Waals surface area contributed by atoms with Crippen molar-refractivity contribution in [2.45, 2.75) is 47.0 Å². The third-order valence-corrected chi connectivity index (χ3v) is 4.28. The minimum Gasteiger partial charge on any atom is -0.0841 e. The molecule has 4 atom stereocenters. The Hall–Kier alpha value is -0.520. The van der Waals surface area contributed by atoms with Crippen LogP contribution in [-0.4, -0.2) is 0 Å². The summed E-state index contributed by atoms with van der Waals surface area (Å²) in [7, 11) is 0. The Morgan fingerprint density at radius 2 is 1.93 bits per heavy atom. The van der Waals surface area contributed by atoms with Crippen LogP contribution in [-0.2, 0) is 0 Å². The Labute approximate surface area is 94.5 Å². The number of hydrogen-bond donors (Lipinski definition) is 0. The molecule has 2 aliphatic rings. The quantitative estimate of drug-likeness (QED) is 0.548. The second kappa shape index (κ2) is 4.15. The van der Waals surface area contributed by atoms with Gasteiger partial charge in [-0.05, 0) is 50.9 Å². The van der Waals surface area contributed by atoms with Gasteiger partial charge in [-0.2, -0.15) is 0 Å². The van der Waals surface area contributed by atoms with E-state index in [-0.39, 0.29) is 0 Å². The summed E-state index contributed by atoms with van der Waals surface area (Å²) in [5, 5.41) is 0. The first-order valence-corrected chi connectivity index (χ1v) is 6.44. The molecule has 0 aromatic heterocycles. The van der Waals surface area contributed by atoms with Gasteiger partial charge in [0, 0.05) is 5.92 Å². The van der Waals surface area contributed by atoms with E-state index in [9.17, 15) is 0 Å². The first kappa shape index (κ1) is 11.0. The molecule has 2 rings (SSSR count). The van der Waals surface area contributed by atoms with Crippen molar-refractivity contribution in [2.24, 2.45) is 23.7 Å². The first-order chi connectivity index (χ1) is 7.09. The summed E-state index contributed by atoms with van der Waals surface area (Å²) in [6.07, 6.45) is 9.21. The van der Waals surface area contributed by atoms with E-state index < -0.39 is 0 Å². The van der Waals surface area contributed by atoms with Crippen LogP contribution < -0.4 is 0 Å². The third kappa shape index (κ3) is 2.04. The summed E-state index contributed by atoms with van der Waals surface area (Å²) in [6, 6.07) is 0. The molecule has 0 aromatic rings. The second-order valence-electron chi connectivity index (χ2n) is 5.85. The molecule has 15 heavy (non-hydrogen) atoms. The Bertz CT molecular complexity index is 291. The summed E-state index contributed by atoms with van der Waals surface area (Å²) in [4.78, 5) is 0. The van der Waals surface area contributed by atoms with E-state index in [2.05, 4.69) is 39.8 Å². The Morgan fingerprint density at radius 3 is 2.60 bits per heavy atom. The van der Waals surface area contributed by atoms with Crippen molar-refractivity contribution in [3.63, 3.8) is 0 Å². The van der Waals surface area contributed by atoms with E-state index in [1.165, 1.54) is 24.8 Å². The van der Waals surface area contributed by atoms with Crippen LogP contribution in [0.25, 0.3) is 0 Å². The predicted octanol–water partition coefficient (Wildman–Crippen LogP) is 4.58. The van der Waals surface area contributed by atoms with E-state index in [1.54, 1.807) is 5.57 Å². The number of hydrogen-bond acceptors (Lipinski definition) is 0. The average Bonchev–Trinajstić information content (AvgIpc) is 2.52. The van der Waals surface area contributed by atoms with Gasteiger partial charge >= 0.3 is 0 Å². The highest BCUT2D eigenvalue weighted by Gasteiger charge is 2.36. The molecule has 1 fully saturated rings. The number of fused-ring (bicyclic) bond motifs is 1. The second-order valence-corrected chi connectivity index (χ2v) is 5.85. The fourth-order valence-electron chi connectivity index (χ4n) is 3.37. The molecule has 2 aliphatic carbocycles. The lowest BCUT2D eigenvalue weighted by Gasteiger charge is -2.35. The zero-order chi connectivity index (χ0) is 11.0. The highest BCUT2D eigenvalue weighted by Crippen LogP contribution is 2.47. The highest BCUT2D eigenvalue weighted by atomic mass is 14.4. The molecular weight excluding hydrogens is 180 g/mol. The molecule has 0 unspecified atom stereocenters. The van der Waals surface area contributed by atoms with Crippen molar-refractivity contribution in [3.8, 4) is 0 Å². The maximum atomic E-state index is 2.54. The standard InChI is InChI=1S/C15H24/c1-10(2)9-15-12(4)5-7-13-11(3)6-8-14(13)15/h8-9,11-13,15H,5-7H2,1-4H3/t11-,12-,13+,15-/m1/s1. The maximum Gasteiger partial charge on any atom is 0.000773 e. The van der Waals surface area contributed by atoms with E-state index in [0.717, 1.165) is 23.7 Å². The lowest BCUT2D eigenvalue weighted by Crippen LogP contribution is -2.25. The molecule has 0 spiro atoms. The molecule has 0 heterocycles. The molecule has 0 saturated heterocycles. The Kier molecular flexibility index (Phi) is 3.04. The molecule has 0 aliphatic heterocycles. The molecule has 0 heteroatoms. The largest absolute Gasteiger partial charge is 0.0841 e. The van der Waals surface area contributed by atoms with Crippen molar-refractivity contribution in [3.05, 3.63) is 23.3 Å². The molecule has 0 bridgehead atoms. The van der Waals surface area contributed by atoms with E-state index >= 15 is 0 Å². The van der Waals surface area contributed by atoms with Gasteiger partial charge < -0.3 is 0 Å². The average molecular weight is 204 g/mol. The molecular formula is C15H24. The molecule has 0 N–H and O–H groups in total. The summed E-state index contributed by atoms with van der Waals surface area (Å²) < 4.78 is 0. The smallest absolute Gasteiger partial charge is 0.000773 e. The molecule has 0 aromatic carbocycles. The van der Waals surface area contributed by atoms with Gasteiger partial charge in [0.15, 0.2) is 0 Å². The monoisotopic (exact) mass is 204 g/mol. The van der Waals surface area contributed by atoms with Gasteiger partial charge in [0.1, 0.15) is 0 Å². The lowest BCUT2D eigenvalue weighted by molar-refractivity contribution is 0.277. The van der Waals surface area contributed by atoms with Crippen molar-refractivity contribution >= 4 is 0 Å². The minimum atomic E-state index is 0.749. The fourth-order valence-corrected chi connectivity index (χ4v) is 3.37. The summed E-state index contributed by atoms with van der Waals surface area (Å²) >= 11 is 0. The lowest BCUT2D eigenvalue weighted by atomic mass is 9.70. The number of rotatable bonds is 1. The van der Waals surface area contributed by atoms with Crippen LogP contribution in [0, 0.1) is 23.7 Å². The van der Waals surface area contributed by atoms with Crippen molar-refractivity contribution in [1.82, 2.24) is 0 Å². The van der Waals surface area contributed by atoms with Crippen molar-refractivity contribution in [2.75, 3.05) is 0 Å². The fraction of sp³-hybridized carbons (Fsp3) is 0.733. The topological polar surface area (TPSA) is 0 Å². The Morgan fingerprint density at radius 1 is 1.20 bits per heavy atom. The summed E-state index contributed by atoms with van der Waals surface area (Å²) in [5.74, 6) is 3.41. The SMILES string of the molecule is CC(C)=C[C@H]1C2=CC[C@@H](C)[C@@H]2CC[C@H]1C. The third-order valence-electron chi connectivity index (χ3n) is 4.28. The van der Waals surface area contributed by atoms with Crippen LogP contribution in [0.2, 0.25) is 0 Å². The zero-order valence-electron chi connectivity index (χ0n) is 10.6. The van der Waals surface area contributed by atoms with Gasteiger partial charge in [0.05, 0.1) is 0 Å².